The number of halogens is 1. The van der Waals surface area contributed by atoms with Crippen LogP contribution in [-0.2, 0) is 9.59 Å². The number of amides is 2. The highest BCUT2D eigenvalue weighted by molar-refractivity contribution is 14.1. The van der Waals surface area contributed by atoms with Gasteiger partial charge in [0.05, 0.1) is 23.5 Å². The maximum Gasteiger partial charge on any atom is 0.240 e. The molecule has 8 nitrogen and oxygen atoms in total. The number of carbonyl (C=O) groups is 2. The molecular formula is C23H24IN3O5. The lowest BCUT2D eigenvalue weighted by atomic mass is 10.2. The van der Waals surface area contributed by atoms with Crippen molar-refractivity contribution in [2.75, 3.05) is 25.6 Å². The summed E-state index contributed by atoms with van der Waals surface area (Å²) >= 11 is 2.10. The molecule has 0 heterocycles. The summed E-state index contributed by atoms with van der Waals surface area (Å²) in [6, 6.07) is 10.6. The third-order valence-electron chi connectivity index (χ3n) is 3.98. The molecule has 0 aliphatic rings. The van der Waals surface area contributed by atoms with E-state index in [1.807, 2.05) is 13.0 Å². The number of nitrogens with zero attached hydrogens (tertiary/aromatic N) is 1. The van der Waals surface area contributed by atoms with E-state index in [0.717, 1.165) is 9.32 Å². The van der Waals surface area contributed by atoms with Crippen LogP contribution in [0.3, 0.4) is 0 Å². The fraction of sp³-hybridized carbons (Fsp3) is 0.261. The smallest absolute Gasteiger partial charge is 0.240 e. The number of hydrogen-bond acceptors (Lipinski definition) is 6. The Morgan fingerprint density at radius 1 is 1.16 bits per heavy atom. The number of rotatable bonds is 11. The van der Waals surface area contributed by atoms with Crippen LogP contribution < -0.4 is 25.0 Å². The Morgan fingerprint density at radius 3 is 2.53 bits per heavy atom. The summed E-state index contributed by atoms with van der Waals surface area (Å²) in [6.07, 6.45) is 6.74. The van der Waals surface area contributed by atoms with Gasteiger partial charge in [-0.15, -0.1) is 6.42 Å². The molecule has 0 atom stereocenters. The van der Waals surface area contributed by atoms with E-state index in [4.69, 9.17) is 20.6 Å². The highest BCUT2D eigenvalue weighted by Gasteiger charge is 2.11. The highest BCUT2D eigenvalue weighted by atomic mass is 127. The molecule has 0 aliphatic carbocycles. The quantitative estimate of drug-likeness (QED) is 0.193. The molecule has 0 saturated carbocycles. The van der Waals surface area contributed by atoms with E-state index in [1.165, 1.54) is 13.3 Å². The molecule has 0 aliphatic heterocycles. The Morgan fingerprint density at radius 2 is 1.88 bits per heavy atom. The van der Waals surface area contributed by atoms with Crippen molar-refractivity contribution in [1.29, 1.82) is 0 Å². The van der Waals surface area contributed by atoms with Crippen LogP contribution in [0.1, 0.15) is 25.3 Å². The fourth-order valence-corrected chi connectivity index (χ4v) is 3.34. The molecule has 0 fully saturated rings. The van der Waals surface area contributed by atoms with Crippen LogP contribution in [-0.4, -0.2) is 38.4 Å². The van der Waals surface area contributed by atoms with E-state index in [1.54, 1.807) is 30.3 Å². The molecule has 2 N–H and O–H groups in total. The second-order valence-corrected chi connectivity index (χ2v) is 7.49. The van der Waals surface area contributed by atoms with Crippen molar-refractivity contribution in [3.63, 3.8) is 0 Å². The summed E-state index contributed by atoms with van der Waals surface area (Å²) in [4.78, 5) is 24.0. The number of nitrogens with one attached hydrogen (secondary N) is 2. The zero-order valence-electron chi connectivity index (χ0n) is 17.8. The molecule has 2 aromatic carbocycles. The number of methoxy groups -OCH3 is 1. The molecule has 9 heteroatoms. The Hall–Kier alpha value is -3.26. The maximum absolute atomic E-state index is 12.0. The van der Waals surface area contributed by atoms with E-state index in [2.05, 4.69) is 44.4 Å². The highest BCUT2D eigenvalue weighted by Crippen LogP contribution is 2.33. The predicted molar refractivity (Wildman–Crippen MR) is 131 cm³/mol. The van der Waals surface area contributed by atoms with Crippen LogP contribution in [0.4, 0.5) is 5.69 Å². The maximum atomic E-state index is 12.0. The normalized spacial score (nSPS) is 10.3. The molecule has 32 heavy (non-hydrogen) atoms. The van der Waals surface area contributed by atoms with Gasteiger partial charge in [-0.3, -0.25) is 9.59 Å². The molecule has 0 aromatic heterocycles. The van der Waals surface area contributed by atoms with Gasteiger partial charge in [0.2, 0.25) is 11.8 Å². The van der Waals surface area contributed by atoms with Crippen molar-refractivity contribution < 1.29 is 23.8 Å². The minimum Gasteiger partial charge on any atom is -0.494 e. The van der Waals surface area contributed by atoms with E-state index in [0.29, 0.717) is 29.4 Å². The standard InChI is InChI=1S/C23H24IN3O5/c1-4-12-32-23-19(24)13-16(14-20(23)30-3)15-25-27-22(29)11-10-21(28)26-17-6-8-18(9-7-17)31-5-2/h1,6-9,13-15H,5,10-12H2,2-3H3,(H,26,28)(H,27,29). The van der Waals surface area contributed by atoms with E-state index >= 15 is 0 Å². The van der Waals surface area contributed by atoms with Crippen LogP contribution in [0.25, 0.3) is 0 Å². The molecule has 2 amide bonds. The molecule has 2 rings (SSSR count). The number of carbonyl (C=O) groups excluding carboxylic acids is 2. The molecule has 0 bridgehead atoms. The lowest BCUT2D eigenvalue weighted by molar-refractivity contribution is -0.124. The minimum atomic E-state index is -0.376. The summed E-state index contributed by atoms with van der Waals surface area (Å²) in [5.74, 6) is 3.54. The van der Waals surface area contributed by atoms with Crippen molar-refractivity contribution in [1.82, 2.24) is 5.43 Å². The monoisotopic (exact) mass is 549 g/mol. The van der Waals surface area contributed by atoms with E-state index in [-0.39, 0.29) is 31.3 Å². The first-order valence-electron chi connectivity index (χ1n) is 9.75. The number of anilines is 1. The average molecular weight is 549 g/mol. The number of benzene rings is 2. The van der Waals surface area contributed by atoms with Crippen molar-refractivity contribution in [3.8, 4) is 29.6 Å². The largest absolute Gasteiger partial charge is 0.494 e. The Labute approximate surface area is 200 Å². The third kappa shape index (κ3) is 8.11. The van der Waals surface area contributed by atoms with Crippen LogP contribution in [0.15, 0.2) is 41.5 Å². The molecule has 0 unspecified atom stereocenters. The topological polar surface area (TPSA) is 98.2 Å². The zero-order chi connectivity index (χ0) is 23.3. The minimum absolute atomic E-state index is 0.0000745. The van der Waals surface area contributed by atoms with Gasteiger partial charge in [0.25, 0.3) is 0 Å². The average Bonchev–Trinajstić information content (AvgIpc) is 2.78. The zero-order valence-corrected chi connectivity index (χ0v) is 20.0. The number of hydrogen-bond donors (Lipinski definition) is 2. The van der Waals surface area contributed by atoms with Crippen LogP contribution in [0, 0.1) is 15.9 Å². The first-order chi connectivity index (χ1) is 15.5. The molecule has 168 valence electrons. The SMILES string of the molecule is C#CCOc1c(I)cc(C=NNC(=O)CCC(=O)Nc2ccc(OCC)cc2)cc1OC. The van der Waals surface area contributed by atoms with Crippen LogP contribution in [0.5, 0.6) is 17.2 Å². The van der Waals surface area contributed by atoms with Crippen molar-refractivity contribution >= 4 is 46.3 Å². The van der Waals surface area contributed by atoms with Gasteiger partial charge in [0.1, 0.15) is 12.4 Å². The van der Waals surface area contributed by atoms with Gasteiger partial charge in [0.15, 0.2) is 11.5 Å². The summed E-state index contributed by atoms with van der Waals surface area (Å²) in [6.45, 7) is 2.60. The van der Waals surface area contributed by atoms with Gasteiger partial charge in [-0.2, -0.15) is 5.10 Å². The van der Waals surface area contributed by atoms with Gasteiger partial charge < -0.3 is 19.5 Å². The fourth-order valence-electron chi connectivity index (χ4n) is 2.55. The Balaban J connectivity index is 1.82. The van der Waals surface area contributed by atoms with Crippen LogP contribution in [0.2, 0.25) is 0 Å². The first-order valence-corrected chi connectivity index (χ1v) is 10.8. The number of terminal acetylenes is 1. The van der Waals surface area contributed by atoms with Gasteiger partial charge in [-0.25, -0.2) is 5.43 Å². The van der Waals surface area contributed by atoms with Crippen molar-refractivity contribution in [2.45, 2.75) is 19.8 Å². The summed E-state index contributed by atoms with van der Waals surface area (Å²) in [7, 11) is 1.52. The summed E-state index contributed by atoms with van der Waals surface area (Å²) in [5.41, 5.74) is 3.75. The summed E-state index contributed by atoms with van der Waals surface area (Å²) < 4.78 is 17.0. The lowest BCUT2D eigenvalue weighted by Crippen LogP contribution is -2.20. The molecule has 0 radical (unpaired) electrons. The van der Waals surface area contributed by atoms with Crippen LogP contribution >= 0.6 is 22.6 Å². The van der Waals surface area contributed by atoms with E-state index < -0.39 is 0 Å². The second kappa shape index (κ2) is 13.2. The van der Waals surface area contributed by atoms with Gasteiger partial charge in [0, 0.05) is 18.5 Å². The molecule has 0 spiro atoms. The van der Waals surface area contributed by atoms with Gasteiger partial charge >= 0.3 is 0 Å². The molecule has 2 aromatic rings. The number of ether oxygens (including phenoxy) is 3. The number of hydrazone groups is 1. The lowest BCUT2D eigenvalue weighted by Gasteiger charge is -2.11. The van der Waals surface area contributed by atoms with Gasteiger partial charge in [-0.1, -0.05) is 5.92 Å². The Bertz CT molecular complexity index is 1000. The predicted octanol–water partition coefficient (Wildman–Crippen LogP) is 3.58. The second-order valence-electron chi connectivity index (χ2n) is 6.33. The molecular weight excluding hydrogens is 525 g/mol. The Kier molecular flexibility index (Phi) is 10.3. The van der Waals surface area contributed by atoms with Crippen molar-refractivity contribution in [2.24, 2.45) is 5.10 Å². The van der Waals surface area contributed by atoms with E-state index in [9.17, 15) is 9.59 Å². The molecule has 0 saturated heterocycles. The van der Waals surface area contributed by atoms with Crippen molar-refractivity contribution in [3.05, 3.63) is 45.5 Å². The first kappa shape index (κ1) is 25.0. The third-order valence-corrected chi connectivity index (χ3v) is 4.78. The van der Waals surface area contributed by atoms with Gasteiger partial charge in [-0.05, 0) is 71.5 Å². The summed E-state index contributed by atoms with van der Waals surface area (Å²) in [5, 5.41) is 6.67.